The Bertz CT molecular complexity index is 655. The normalized spacial score (nSPS) is 11.3. The van der Waals surface area contributed by atoms with Crippen molar-refractivity contribution in [2.75, 3.05) is 0 Å². The fourth-order valence-electron chi connectivity index (χ4n) is 2.08. The highest BCUT2D eigenvalue weighted by Crippen LogP contribution is 2.28. The number of rotatable bonds is 0. The number of aromatic nitrogens is 2. The smallest absolute Gasteiger partial charge is 0.237 e. The number of para-hydroxylation sites is 1. The summed E-state index contributed by atoms with van der Waals surface area (Å²) in [5, 5.41) is 1.98. The number of nitrogens with zero attached hydrogens (tertiary/aromatic N) is 2. The standard InChI is InChI=1S/C12H9FN2/c1-15-10-5-3-2-4-8(10)9-6-7-14-12(13)11(9)15/h2-7H,1H3. The number of hydrogen-bond acceptors (Lipinski definition) is 1. The summed E-state index contributed by atoms with van der Waals surface area (Å²) < 4.78 is 15.4. The zero-order valence-electron chi connectivity index (χ0n) is 8.24. The first-order chi connectivity index (χ1) is 7.29. The van der Waals surface area contributed by atoms with Gasteiger partial charge in [-0.15, -0.1) is 0 Å². The zero-order chi connectivity index (χ0) is 10.4. The molecule has 2 nitrogen and oxygen atoms in total. The van der Waals surface area contributed by atoms with Crippen LogP contribution < -0.4 is 0 Å². The Kier molecular flexibility index (Phi) is 1.57. The first-order valence-corrected chi connectivity index (χ1v) is 4.76. The lowest BCUT2D eigenvalue weighted by Crippen LogP contribution is -1.91. The predicted molar refractivity (Wildman–Crippen MR) is 58.2 cm³/mol. The molecule has 2 aromatic heterocycles. The van der Waals surface area contributed by atoms with Crippen molar-refractivity contribution in [3.8, 4) is 0 Å². The molecule has 3 aromatic rings. The predicted octanol–water partition coefficient (Wildman–Crippen LogP) is 2.87. The number of benzene rings is 1. The molecule has 0 amide bonds. The van der Waals surface area contributed by atoms with Crippen LogP contribution in [0.4, 0.5) is 4.39 Å². The third kappa shape index (κ3) is 1.00. The van der Waals surface area contributed by atoms with Crippen LogP contribution in [0.25, 0.3) is 21.8 Å². The van der Waals surface area contributed by atoms with E-state index < -0.39 is 5.95 Å². The second kappa shape index (κ2) is 2.79. The second-order valence-electron chi connectivity index (χ2n) is 3.57. The van der Waals surface area contributed by atoms with Crippen molar-refractivity contribution in [2.24, 2.45) is 7.05 Å². The van der Waals surface area contributed by atoms with E-state index in [1.165, 1.54) is 6.20 Å². The van der Waals surface area contributed by atoms with Crippen molar-refractivity contribution in [1.82, 2.24) is 9.55 Å². The van der Waals surface area contributed by atoms with Gasteiger partial charge in [0.05, 0.1) is 0 Å². The van der Waals surface area contributed by atoms with Crippen LogP contribution >= 0.6 is 0 Å². The van der Waals surface area contributed by atoms with Gasteiger partial charge in [-0.05, 0) is 12.1 Å². The van der Waals surface area contributed by atoms with Crippen molar-refractivity contribution in [2.45, 2.75) is 0 Å². The lowest BCUT2D eigenvalue weighted by molar-refractivity contribution is 0.590. The quantitative estimate of drug-likeness (QED) is 0.510. The molecule has 0 spiro atoms. The van der Waals surface area contributed by atoms with Crippen molar-refractivity contribution < 1.29 is 4.39 Å². The molecule has 15 heavy (non-hydrogen) atoms. The van der Waals surface area contributed by atoms with Crippen LogP contribution in [-0.2, 0) is 7.05 Å². The number of halogens is 1. The lowest BCUT2D eigenvalue weighted by atomic mass is 10.2. The van der Waals surface area contributed by atoms with Gasteiger partial charge in [-0.25, -0.2) is 4.98 Å². The van der Waals surface area contributed by atoms with Gasteiger partial charge in [-0.1, -0.05) is 18.2 Å². The maximum absolute atomic E-state index is 13.6. The molecule has 74 valence electrons. The fourth-order valence-corrected chi connectivity index (χ4v) is 2.08. The van der Waals surface area contributed by atoms with E-state index in [0.717, 1.165) is 16.3 Å². The van der Waals surface area contributed by atoms with Crippen molar-refractivity contribution in [3.05, 3.63) is 42.5 Å². The first-order valence-electron chi connectivity index (χ1n) is 4.76. The van der Waals surface area contributed by atoms with Crippen LogP contribution in [0, 0.1) is 5.95 Å². The largest absolute Gasteiger partial charge is 0.340 e. The van der Waals surface area contributed by atoms with Gasteiger partial charge in [-0.3, -0.25) is 0 Å². The highest BCUT2D eigenvalue weighted by Gasteiger charge is 2.11. The topological polar surface area (TPSA) is 17.8 Å². The average Bonchev–Trinajstić information content (AvgIpc) is 2.55. The molecule has 0 saturated carbocycles. The Morgan fingerprint density at radius 3 is 2.80 bits per heavy atom. The third-order valence-corrected chi connectivity index (χ3v) is 2.77. The van der Waals surface area contributed by atoms with Gasteiger partial charge in [0, 0.05) is 29.5 Å². The summed E-state index contributed by atoms with van der Waals surface area (Å²) in [6.07, 6.45) is 1.50. The van der Waals surface area contributed by atoms with E-state index in [0.29, 0.717) is 5.52 Å². The van der Waals surface area contributed by atoms with Crippen LogP contribution in [0.15, 0.2) is 36.5 Å². The molecule has 0 saturated heterocycles. The van der Waals surface area contributed by atoms with Crippen molar-refractivity contribution >= 4 is 21.8 Å². The number of aryl methyl sites for hydroxylation is 1. The molecule has 0 radical (unpaired) electrons. The monoisotopic (exact) mass is 200 g/mol. The van der Waals surface area contributed by atoms with E-state index in [1.807, 2.05) is 41.9 Å². The van der Waals surface area contributed by atoms with Gasteiger partial charge < -0.3 is 4.57 Å². The highest BCUT2D eigenvalue weighted by atomic mass is 19.1. The molecule has 0 unspecified atom stereocenters. The first kappa shape index (κ1) is 8.41. The highest BCUT2D eigenvalue weighted by molar-refractivity contribution is 6.07. The van der Waals surface area contributed by atoms with E-state index in [2.05, 4.69) is 4.98 Å². The molecule has 0 N–H and O–H groups in total. The maximum Gasteiger partial charge on any atom is 0.237 e. The van der Waals surface area contributed by atoms with E-state index in [4.69, 9.17) is 0 Å². The van der Waals surface area contributed by atoms with E-state index in [-0.39, 0.29) is 0 Å². The second-order valence-corrected chi connectivity index (χ2v) is 3.57. The van der Waals surface area contributed by atoms with Crippen LogP contribution in [0.2, 0.25) is 0 Å². The van der Waals surface area contributed by atoms with Crippen molar-refractivity contribution in [1.29, 1.82) is 0 Å². The van der Waals surface area contributed by atoms with Crippen LogP contribution in [0.3, 0.4) is 0 Å². The maximum atomic E-state index is 13.6. The Morgan fingerprint density at radius 2 is 1.93 bits per heavy atom. The number of pyridine rings is 1. The minimum Gasteiger partial charge on any atom is -0.340 e. The minimum atomic E-state index is -0.411. The summed E-state index contributed by atoms with van der Waals surface area (Å²) in [5.41, 5.74) is 1.60. The SMILES string of the molecule is Cn1c2ccccc2c2ccnc(F)c21. The van der Waals surface area contributed by atoms with Gasteiger partial charge in [0.25, 0.3) is 0 Å². The van der Waals surface area contributed by atoms with Gasteiger partial charge in [0.2, 0.25) is 5.95 Å². The molecule has 3 rings (SSSR count). The lowest BCUT2D eigenvalue weighted by Gasteiger charge is -1.97. The zero-order valence-corrected chi connectivity index (χ0v) is 8.24. The Labute approximate surface area is 86.0 Å². The Hall–Kier alpha value is -1.90. The van der Waals surface area contributed by atoms with Gasteiger partial charge >= 0.3 is 0 Å². The van der Waals surface area contributed by atoms with E-state index in [1.54, 1.807) is 0 Å². The van der Waals surface area contributed by atoms with Gasteiger partial charge in [-0.2, -0.15) is 4.39 Å². The number of fused-ring (bicyclic) bond motifs is 3. The molecule has 0 bridgehead atoms. The summed E-state index contributed by atoms with van der Waals surface area (Å²) in [5.74, 6) is -0.411. The van der Waals surface area contributed by atoms with E-state index in [9.17, 15) is 4.39 Å². The Morgan fingerprint density at radius 1 is 1.13 bits per heavy atom. The Balaban J connectivity index is 2.69. The third-order valence-electron chi connectivity index (χ3n) is 2.77. The van der Waals surface area contributed by atoms with Gasteiger partial charge in [0.1, 0.15) is 5.52 Å². The summed E-state index contributed by atoms with van der Waals surface area (Å²) in [6, 6.07) is 9.74. The van der Waals surface area contributed by atoms with Crippen molar-refractivity contribution in [3.63, 3.8) is 0 Å². The minimum absolute atomic E-state index is 0.411. The molecule has 0 atom stereocenters. The molecular formula is C12H9FN2. The molecule has 0 aliphatic heterocycles. The number of hydrogen-bond donors (Lipinski definition) is 0. The fraction of sp³-hybridized carbons (Fsp3) is 0.0833. The van der Waals surface area contributed by atoms with Crippen LogP contribution in [-0.4, -0.2) is 9.55 Å². The van der Waals surface area contributed by atoms with Gasteiger partial charge in [0.15, 0.2) is 0 Å². The van der Waals surface area contributed by atoms with Crippen LogP contribution in [0.5, 0.6) is 0 Å². The molecular weight excluding hydrogens is 191 g/mol. The van der Waals surface area contributed by atoms with Crippen LogP contribution in [0.1, 0.15) is 0 Å². The summed E-state index contributed by atoms with van der Waals surface area (Å²) in [7, 11) is 1.86. The molecule has 0 aliphatic rings. The summed E-state index contributed by atoms with van der Waals surface area (Å²) >= 11 is 0. The van der Waals surface area contributed by atoms with E-state index >= 15 is 0 Å². The molecule has 1 aromatic carbocycles. The summed E-state index contributed by atoms with van der Waals surface area (Å²) in [6.45, 7) is 0. The molecule has 0 fully saturated rings. The molecule has 3 heteroatoms. The average molecular weight is 200 g/mol. The molecule has 2 heterocycles. The molecule has 0 aliphatic carbocycles. The summed E-state index contributed by atoms with van der Waals surface area (Å²) in [4.78, 5) is 3.68.